The summed E-state index contributed by atoms with van der Waals surface area (Å²) >= 11 is 0. The molecule has 5 heteroatoms. The molecule has 0 amide bonds. The molecule has 1 N–H and O–H groups in total. The van der Waals surface area contributed by atoms with E-state index in [-0.39, 0.29) is 0 Å². The average Bonchev–Trinajstić information content (AvgIpc) is 3.33. The van der Waals surface area contributed by atoms with Crippen molar-refractivity contribution in [2.24, 2.45) is 5.41 Å². The molecular formula is C28H36N4O. The molecule has 0 radical (unpaired) electrons. The van der Waals surface area contributed by atoms with Crippen LogP contribution in [0.5, 0.6) is 5.75 Å². The summed E-state index contributed by atoms with van der Waals surface area (Å²) in [5.41, 5.74) is 5.85. The van der Waals surface area contributed by atoms with Crippen molar-refractivity contribution >= 4 is 5.82 Å². The van der Waals surface area contributed by atoms with Gasteiger partial charge >= 0.3 is 0 Å². The number of pyridine rings is 1. The van der Waals surface area contributed by atoms with Gasteiger partial charge < -0.3 is 10.1 Å². The summed E-state index contributed by atoms with van der Waals surface area (Å²) in [4.78, 5) is 4.61. The number of rotatable bonds is 8. The lowest BCUT2D eigenvalue weighted by atomic mass is 9.52. The van der Waals surface area contributed by atoms with Gasteiger partial charge in [0.1, 0.15) is 11.6 Å². The second kappa shape index (κ2) is 8.85. The molecule has 2 heterocycles. The lowest BCUT2D eigenvalue weighted by molar-refractivity contribution is 0.0505. The number of aromatic nitrogens is 3. The zero-order chi connectivity index (χ0) is 22.9. The first-order valence-corrected chi connectivity index (χ1v) is 12.4. The van der Waals surface area contributed by atoms with E-state index in [2.05, 4.69) is 65.8 Å². The number of nitrogens with one attached hydrogen (secondary N) is 1. The summed E-state index contributed by atoms with van der Waals surface area (Å²) in [6.07, 6.45) is 14.8. The Morgan fingerprint density at radius 1 is 1.03 bits per heavy atom. The highest BCUT2D eigenvalue weighted by molar-refractivity contribution is 5.64. The highest BCUT2D eigenvalue weighted by Gasteiger charge is 2.49. The number of ether oxygens (including phenoxy) is 1. The van der Waals surface area contributed by atoms with Crippen molar-refractivity contribution in [1.82, 2.24) is 14.8 Å². The normalized spacial score (nSPS) is 24.1. The molecule has 3 fully saturated rings. The van der Waals surface area contributed by atoms with Crippen LogP contribution in [0.25, 0.3) is 11.1 Å². The van der Waals surface area contributed by atoms with Crippen LogP contribution in [0.2, 0.25) is 0 Å². The van der Waals surface area contributed by atoms with Gasteiger partial charge in [-0.3, -0.25) is 4.68 Å². The van der Waals surface area contributed by atoms with Gasteiger partial charge in [-0.1, -0.05) is 19.1 Å². The molecule has 0 spiro atoms. The lowest BCUT2D eigenvalue weighted by Gasteiger charge is -2.54. The maximum atomic E-state index is 5.48. The summed E-state index contributed by atoms with van der Waals surface area (Å²) in [5.74, 6) is 1.96. The van der Waals surface area contributed by atoms with Crippen LogP contribution >= 0.6 is 0 Å². The van der Waals surface area contributed by atoms with Crippen LogP contribution in [0.4, 0.5) is 5.82 Å². The Balaban J connectivity index is 1.24. The smallest absolute Gasteiger partial charge is 0.126 e. The predicted octanol–water partition coefficient (Wildman–Crippen LogP) is 6.38. The first kappa shape index (κ1) is 22.0. The minimum absolute atomic E-state index is 0.357. The molecule has 3 saturated carbocycles. The Morgan fingerprint density at radius 3 is 2.52 bits per heavy atom. The van der Waals surface area contributed by atoms with E-state index in [4.69, 9.17) is 4.74 Å². The zero-order valence-corrected chi connectivity index (χ0v) is 20.2. The van der Waals surface area contributed by atoms with E-state index in [1.165, 1.54) is 55.2 Å². The van der Waals surface area contributed by atoms with Crippen molar-refractivity contribution in [3.05, 3.63) is 60.0 Å². The highest BCUT2D eigenvalue weighted by atomic mass is 16.5. The third-order valence-corrected chi connectivity index (χ3v) is 8.23. The number of methoxy groups -OCH3 is 1. The molecule has 33 heavy (non-hydrogen) atoms. The van der Waals surface area contributed by atoms with Gasteiger partial charge in [-0.2, -0.15) is 5.10 Å². The molecular weight excluding hydrogens is 408 g/mol. The minimum atomic E-state index is 0.357. The van der Waals surface area contributed by atoms with Crippen LogP contribution in [0.15, 0.2) is 48.9 Å². The van der Waals surface area contributed by atoms with E-state index in [1.807, 2.05) is 17.1 Å². The summed E-state index contributed by atoms with van der Waals surface area (Å²) in [5, 5.41) is 8.17. The Bertz CT molecular complexity index is 1090. The van der Waals surface area contributed by atoms with E-state index in [0.29, 0.717) is 10.8 Å². The summed E-state index contributed by atoms with van der Waals surface area (Å²) in [7, 11) is 1.76. The van der Waals surface area contributed by atoms with Gasteiger partial charge in [0.05, 0.1) is 13.3 Å². The van der Waals surface area contributed by atoms with Crippen molar-refractivity contribution in [2.75, 3.05) is 19.0 Å². The molecule has 3 aliphatic rings. The molecule has 5 nitrogen and oxygen atoms in total. The minimum Gasteiger partial charge on any atom is -0.496 e. The summed E-state index contributed by atoms with van der Waals surface area (Å²) in [6.45, 7) is 6.30. The van der Waals surface area contributed by atoms with Crippen LogP contribution < -0.4 is 10.1 Å². The van der Waals surface area contributed by atoms with Gasteiger partial charge in [0.2, 0.25) is 0 Å². The number of hydrogen-bond donors (Lipinski definition) is 1. The predicted molar refractivity (Wildman–Crippen MR) is 134 cm³/mol. The van der Waals surface area contributed by atoms with Crippen LogP contribution in [0.3, 0.4) is 0 Å². The summed E-state index contributed by atoms with van der Waals surface area (Å²) < 4.78 is 7.50. The Kier molecular flexibility index (Phi) is 5.90. The number of aryl methyl sites for hydroxylation is 2. The largest absolute Gasteiger partial charge is 0.496 e. The maximum Gasteiger partial charge on any atom is 0.126 e. The van der Waals surface area contributed by atoms with E-state index < -0.39 is 0 Å². The lowest BCUT2D eigenvalue weighted by Crippen LogP contribution is -2.47. The quantitative estimate of drug-likeness (QED) is 0.438. The number of benzene rings is 1. The topological polar surface area (TPSA) is 52.0 Å². The zero-order valence-electron chi connectivity index (χ0n) is 20.2. The molecule has 6 rings (SSSR count). The third-order valence-electron chi connectivity index (χ3n) is 8.23. The van der Waals surface area contributed by atoms with E-state index in [0.717, 1.165) is 36.6 Å². The second-order valence-corrected chi connectivity index (χ2v) is 10.2. The van der Waals surface area contributed by atoms with Gasteiger partial charge in [-0.05, 0) is 97.6 Å². The SMILES string of the molecule is CCCn1cc(-c2ccnc(NCC34CCC(c5ccc(OC)c(C)c5)(CC3)CC4)c2)cn1. The molecule has 0 atom stereocenters. The number of fused-ring (bicyclic) bond motifs is 3. The standard InChI is InChI=1S/C28H36N4O/c1-4-15-32-19-23(18-31-32)22-7-14-29-26(17-22)30-20-27-8-11-28(12-9-27,13-10-27)24-5-6-25(33-3)21(2)16-24/h5-7,14,16-19H,4,8-13,15,20H2,1-3H3,(H,29,30). The van der Waals surface area contributed by atoms with Gasteiger partial charge in [0.15, 0.2) is 0 Å². The van der Waals surface area contributed by atoms with E-state index >= 15 is 0 Å². The second-order valence-electron chi connectivity index (χ2n) is 10.2. The van der Waals surface area contributed by atoms with Crippen molar-refractivity contribution < 1.29 is 4.74 Å². The maximum absolute atomic E-state index is 5.48. The van der Waals surface area contributed by atoms with Crippen molar-refractivity contribution in [1.29, 1.82) is 0 Å². The number of anilines is 1. The molecule has 174 valence electrons. The Labute approximate surface area is 197 Å². The average molecular weight is 445 g/mol. The van der Waals surface area contributed by atoms with Crippen LogP contribution in [-0.4, -0.2) is 28.4 Å². The fourth-order valence-corrected chi connectivity index (χ4v) is 6.02. The fraction of sp³-hybridized carbons (Fsp3) is 0.500. The molecule has 0 saturated heterocycles. The molecule has 1 aromatic carbocycles. The summed E-state index contributed by atoms with van der Waals surface area (Å²) in [6, 6.07) is 11.1. The van der Waals surface area contributed by atoms with Gasteiger partial charge in [-0.15, -0.1) is 0 Å². The van der Waals surface area contributed by atoms with Gasteiger partial charge in [0.25, 0.3) is 0 Å². The van der Waals surface area contributed by atoms with Gasteiger partial charge in [-0.25, -0.2) is 4.98 Å². The third kappa shape index (κ3) is 4.25. The molecule has 3 aromatic rings. The van der Waals surface area contributed by atoms with E-state index in [9.17, 15) is 0 Å². The van der Waals surface area contributed by atoms with Crippen molar-refractivity contribution in [3.63, 3.8) is 0 Å². The fourth-order valence-electron chi connectivity index (χ4n) is 6.02. The monoisotopic (exact) mass is 444 g/mol. The van der Waals surface area contributed by atoms with Crippen molar-refractivity contribution in [3.8, 4) is 16.9 Å². The number of nitrogens with zero attached hydrogens (tertiary/aromatic N) is 3. The molecule has 0 aliphatic heterocycles. The van der Waals surface area contributed by atoms with Crippen LogP contribution in [0.1, 0.15) is 63.0 Å². The first-order valence-electron chi connectivity index (χ1n) is 12.4. The molecule has 2 bridgehead atoms. The van der Waals surface area contributed by atoms with E-state index in [1.54, 1.807) is 7.11 Å². The highest BCUT2D eigenvalue weighted by Crippen LogP contribution is 2.58. The molecule has 3 aliphatic carbocycles. The molecule has 0 unspecified atom stereocenters. The van der Waals surface area contributed by atoms with Crippen LogP contribution in [-0.2, 0) is 12.0 Å². The molecule has 2 aromatic heterocycles. The van der Waals surface area contributed by atoms with Crippen LogP contribution in [0, 0.1) is 12.3 Å². The van der Waals surface area contributed by atoms with Crippen molar-refractivity contribution in [2.45, 2.75) is 70.8 Å². The Morgan fingerprint density at radius 2 is 1.82 bits per heavy atom. The Hall–Kier alpha value is -2.82. The number of hydrogen-bond acceptors (Lipinski definition) is 4. The van der Waals surface area contributed by atoms with Gasteiger partial charge in [0, 0.05) is 31.0 Å². The first-order chi connectivity index (χ1) is 16.0.